The molecular formula is C16H15F3N4O4. The number of hydrogen-bond acceptors (Lipinski definition) is 5. The van der Waals surface area contributed by atoms with Crippen LogP contribution in [0.4, 0.5) is 29.5 Å². The first-order chi connectivity index (χ1) is 12.5. The lowest BCUT2D eigenvalue weighted by Crippen LogP contribution is -2.23. The molecule has 0 unspecified atom stereocenters. The zero-order valence-corrected chi connectivity index (χ0v) is 14.4. The number of amides is 2. The minimum Gasteiger partial charge on any atom is -0.495 e. The molecule has 0 radical (unpaired) electrons. The molecule has 3 N–H and O–H groups in total. The molecule has 2 amide bonds. The number of carbonyl (C=O) groups is 2. The number of nitrogens with zero attached hydrogens (tertiary/aromatic N) is 2. The van der Waals surface area contributed by atoms with Crippen LogP contribution in [0, 0.1) is 13.8 Å². The number of alkyl halides is 3. The molecule has 0 atom stereocenters. The van der Waals surface area contributed by atoms with Crippen LogP contribution in [-0.4, -0.2) is 34.2 Å². The number of urea groups is 1. The maximum absolute atomic E-state index is 13.4. The summed E-state index contributed by atoms with van der Waals surface area (Å²) in [6, 6.07) is -0.190. The van der Waals surface area contributed by atoms with E-state index >= 15 is 0 Å². The van der Waals surface area contributed by atoms with E-state index in [1.807, 2.05) is 0 Å². The number of ether oxygens (including phenoxy) is 1. The number of aromatic nitrogens is 2. The Labute approximate surface area is 151 Å². The molecule has 0 aliphatic carbocycles. The molecule has 0 aliphatic heterocycles. The van der Waals surface area contributed by atoms with Crippen LogP contribution in [0.1, 0.15) is 27.2 Å². The zero-order valence-electron chi connectivity index (χ0n) is 14.4. The maximum Gasteiger partial charge on any atom is 0.417 e. The highest BCUT2D eigenvalue weighted by Gasteiger charge is 2.39. The summed E-state index contributed by atoms with van der Waals surface area (Å²) < 4.78 is 45.0. The Bertz CT molecular complexity index is 883. The van der Waals surface area contributed by atoms with Crippen molar-refractivity contribution in [1.82, 2.24) is 9.97 Å². The molecule has 8 nitrogen and oxygen atoms in total. The van der Waals surface area contributed by atoms with Crippen molar-refractivity contribution in [3.8, 4) is 5.75 Å². The van der Waals surface area contributed by atoms with Gasteiger partial charge in [-0.05, 0) is 25.5 Å². The molecule has 0 aliphatic rings. The van der Waals surface area contributed by atoms with Crippen molar-refractivity contribution in [3.63, 3.8) is 0 Å². The van der Waals surface area contributed by atoms with Gasteiger partial charge in [-0.25, -0.2) is 14.6 Å². The van der Waals surface area contributed by atoms with Crippen molar-refractivity contribution in [1.29, 1.82) is 0 Å². The van der Waals surface area contributed by atoms with Crippen LogP contribution >= 0.6 is 0 Å². The summed E-state index contributed by atoms with van der Waals surface area (Å²) >= 11 is 0. The number of methoxy groups -OCH3 is 1. The molecule has 2 aromatic rings. The largest absolute Gasteiger partial charge is 0.495 e. The Kier molecular flexibility index (Phi) is 5.52. The van der Waals surface area contributed by atoms with Crippen molar-refractivity contribution in [2.45, 2.75) is 20.0 Å². The van der Waals surface area contributed by atoms with Crippen LogP contribution in [0.15, 0.2) is 18.5 Å². The van der Waals surface area contributed by atoms with Gasteiger partial charge < -0.3 is 15.2 Å². The molecule has 11 heteroatoms. The van der Waals surface area contributed by atoms with Crippen molar-refractivity contribution in [3.05, 3.63) is 40.8 Å². The molecule has 1 aromatic heterocycles. The third-order valence-electron chi connectivity index (χ3n) is 3.54. The minimum atomic E-state index is -4.95. The van der Waals surface area contributed by atoms with Gasteiger partial charge in [-0.2, -0.15) is 13.2 Å². The van der Waals surface area contributed by atoms with E-state index in [1.165, 1.54) is 12.4 Å². The van der Waals surface area contributed by atoms with E-state index in [-0.39, 0.29) is 17.3 Å². The lowest BCUT2D eigenvalue weighted by atomic mass is 9.98. The van der Waals surface area contributed by atoms with Crippen molar-refractivity contribution < 1.29 is 32.6 Å². The lowest BCUT2D eigenvalue weighted by Gasteiger charge is -2.20. The van der Waals surface area contributed by atoms with E-state index < -0.39 is 34.9 Å². The van der Waals surface area contributed by atoms with Gasteiger partial charge in [0.1, 0.15) is 5.75 Å². The highest BCUT2D eigenvalue weighted by molar-refractivity contribution is 6.02. The van der Waals surface area contributed by atoms with E-state index in [1.54, 1.807) is 6.92 Å². The molecule has 0 bridgehead atoms. The van der Waals surface area contributed by atoms with E-state index in [0.29, 0.717) is 11.8 Å². The first-order valence-corrected chi connectivity index (χ1v) is 7.43. The van der Waals surface area contributed by atoms with E-state index in [2.05, 4.69) is 20.6 Å². The molecule has 1 heterocycles. The number of benzene rings is 1. The number of hydrogen-bond donors (Lipinski definition) is 3. The standard InChI is InChI=1S/C16H15F3N4O4/c1-7-5-21-11(6-20-7)22-15(26)23-13-8(2)12(16(17,18)19)9(14(24)25)4-10(13)27-3/h4-6H,1-3H3,(H,24,25)(H2,21,22,23,26). The zero-order chi connectivity index (χ0) is 20.4. The van der Waals surface area contributed by atoms with Crippen molar-refractivity contribution >= 4 is 23.5 Å². The second-order valence-electron chi connectivity index (χ2n) is 5.43. The summed E-state index contributed by atoms with van der Waals surface area (Å²) in [4.78, 5) is 31.2. The number of nitrogens with one attached hydrogen (secondary N) is 2. The Morgan fingerprint density at radius 2 is 1.81 bits per heavy atom. The highest BCUT2D eigenvalue weighted by Crippen LogP contribution is 2.42. The number of carbonyl (C=O) groups excluding carboxylic acids is 1. The van der Waals surface area contributed by atoms with Crippen LogP contribution in [0.5, 0.6) is 5.75 Å². The number of rotatable bonds is 4. The van der Waals surface area contributed by atoms with Gasteiger partial charge in [0.05, 0.1) is 42.0 Å². The van der Waals surface area contributed by atoms with Gasteiger partial charge >= 0.3 is 18.2 Å². The molecule has 1 aromatic carbocycles. The summed E-state index contributed by atoms with van der Waals surface area (Å²) in [6.07, 6.45) is -2.28. The van der Waals surface area contributed by atoms with Crippen LogP contribution in [0.3, 0.4) is 0 Å². The molecule has 2 rings (SSSR count). The molecule has 27 heavy (non-hydrogen) atoms. The fourth-order valence-corrected chi connectivity index (χ4v) is 2.36. The predicted molar refractivity (Wildman–Crippen MR) is 89.1 cm³/mol. The first-order valence-electron chi connectivity index (χ1n) is 7.43. The second kappa shape index (κ2) is 7.48. The van der Waals surface area contributed by atoms with Gasteiger partial charge in [-0.15, -0.1) is 0 Å². The molecule has 0 saturated carbocycles. The van der Waals surface area contributed by atoms with Gasteiger partial charge in [0.25, 0.3) is 0 Å². The van der Waals surface area contributed by atoms with Gasteiger partial charge in [-0.3, -0.25) is 10.3 Å². The topological polar surface area (TPSA) is 113 Å². The summed E-state index contributed by atoms with van der Waals surface area (Å²) in [5.41, 5.74) is -2.55. The Balaban J connectivity index is 2.44. The van der Waals surface area contributed by atoms with E-state index in [4.69, 9.17) is 9.84 Å². The number of aryl methyl sites for hydroxylation is 1. The van der Waals surface area contributed by atoms with Gasteiger partial charge in [-0.1, -0.05) is 0 Å². The quantitative estimate of drug-likeness (QED) is 0.744. The molecular weight excluding hydrogens is 369 g/mol. The summed E-state index contributed by atoms with van der Waals surface area (Å²) in [6.45, 7) is 2.73. The molecule has 0 fully saturated rings. The number of carboxylic acid groups (broad SMARTS) is 1. The number of anilines is 2. The number of halogens is 3. The average Bonchev–Trinajstić information content (AvgIpc) is 2.57. The summed E-state index contributed by atoms with van der Waals surface area (Å²) in [5, 5.41) is 13.6. The summed E-state index contributed by atoms with van der Waals surface area (Å²) in [7, 11) is 1.14. The van der Waals surface area contributed by atoms with E-state index in [9.17, 15) is 22.8 Å². The van der Waals surface area contributed by atoms with Gasteiger partial charge in [0, 0.05) is 0 Å². The lowest BCUT2D eigenvalue weighted by molar-refractivity contribution is -0.138. The maximum atomic E-state index is 13.4. The van der Waals surface area contributed by atoms with Crippen LogP contribution < -0.4 is 15.4 Å². The van der Waals surface area contributed by atoms with Crippen molar-refractivity contribution in [2.24, 2.45) is 0 Å². The fraction of sp³-hybridized carbons (Fsp3) is 0.250. The highest BCUT2D eigenvalue weighted by atomic mass is 19.4. The first kappa shape index (κ1) is 19.9. The molecule has 0 spiro atoms. The SMILES string of the molecule is COc1cc(C(=O)O)c(C(F)(F)F)c(C)c1NC(=O)Nc1cnc(C)cn1. The van der Waals surface area contributed by atoms with Gasteiger partial charge in [0.2, 0.25) is 0 Å². The smallest absolute Gasteiger partial charge is 0.417 e. The summed E-state index contributed by atoms with van der Waals surface area (Å²) in [5.74, 6) is -1.93. The Morgan fingerprint density at radius 1 is 1.15 bits per heavy atom. The second-order valence-corrected chi connectivity index (χ2v) is 5.43. The van der Waals surface area contributed by atoms with Crippen LogP contribution in [0.2, 0.25) is 0 Å². The minimum absolute atomic E-state index is 0.0768. The molecule has 144 valence electrons. The normalized spacial score (nSPS) is 11.0. The number of carboxylic acids is 1. The monoisotopic (exact) mass is 384 g/mol. The average molecular weight is 384 g/mol. The third kappa shape index (κ3) is 4.43. The number of aromatic carboxylic acids is 1. The Hall–Kier alpha value is -3.37. The Morgan fingerprint density at radius 3 is 2.30 bits per heavy atom. The predicted octanol–water partition coefficient (Wildman–Crippen LogP) is 3.46. The van der Waals surface area contributed by atoms with Crippen LogP contribution in [-0.2, 0) is 6.18 Å². The van der Waals surface area contributed by atoms with Gasteiger partial charge in [0.15, 0.2) is 5.82 Å². The van der Waals surface area contributed by atoms with Crippen LogP contribution in [0.25, 0.3) is 0 Å². The van der Waals surface area contributed by atoms with Crippen molar-refractivity contribution in [2.75, 3.05) is 17.7 Å². The third-order valence-corrected chi connectivity index (χ3v) is 3.54. The fourth-order valence-electron chi connectivity index (χ4n) is 2.36. The molecule has 0 saturated heterocycles. The van der Waals surface area contributed by atoms with E-state index in [0.717, 1.165) is 14.0 Å².